The van der Waals surface area contributed by atoms with E-state index in [0.717, 1.165) is 69.1 Å². The maximum atomic E-state index is 13.5. The lowest BCUT2D eigenvalue weighted by Crippen LogP contribution is -2.43. The number of aromatic amines is 1. The van der Waals surface area contributed by atoms with E-state index in [0.29, 0.717) is 27.9 Å². The van der Waals surface area contributed by atoms with Gasteiger partial charge in [0.05, 0.1) is 21.4 Å². The number of esters is 1. The molecule has 0 unspecified atom stereocenters. The van der Waals surface area contributed by atoms with Gasteiger partial charge in [0.2, 0.25) is 11.2 Å². The van der Waals surface area contributed by atoms with Crippen LogP contribution in [0.15, 0.2) is 94.5 Å². The highest BCUT2D eigenvalue weighted by molar-refractivity contribution is 7.12. The number of aryl methyl sites for hydroxylation is 1. The number of fused-ring (bicyclic) bond motifs is 2. The van der Waals surface area contributed by atoms with Crippen LogP contribution in [0, 0.1) is 0 Å². The zero-order chi connectivity index (χ0) is 42.7. The lowest BCUT2D eigenvalue weighted by atomic mass is 9.91. The van der Waals surface area contributed by atoms with Crippen LogP contribution in [0.4, 0.5) is 0 Å². The molecule has 0 amide bonds. The molecular formula is C47H60N4O6S2Si. The van der Waals surface area contributed by atoms with Crippen LogP contribution in [-0.2, 0) is 32.5 Å². The number of hydrogen-bond acceptors (Lipinski definition) is 10. The topological polar surface area (TPSA) is 129 Å². The SMILES string of the molecule is CN(CCCc1cn(CCNC[C@@H](O[Si](C)(C)C(C)(C)C)c2ccc(O)c3[nH]c(=O)ccc23)c2ccccc12)C1CCC(OC(=O)C(O)(c2cccs2)c2cccs2)CC1. The van der Waals surface area contributed by atoms with Gasteiger partial charge in [-0.05, 0) is 122 Å². The molecule has 0 saturated heterocycles. The van der Waals surface area contributed by atoms with Crippen LogP contribution in [-0.4, -0.2) is 77.8 Å². The van der Waals surface area contributed by atoms with Crippen LogP contribution >= 0.6 is 22.7 Å². The number of benzene rings is 2. The number of nitrogens with one attached hydrogen (secondary N) is 2. The number of thiophene rings is 2. The molecule has 0 spiro atoms. The molecule has 13 heteroatoms. The summed E-state index contributed by atoms with van der Waals surface area (Å²) in [6.45, 7) is 14.3. The molecule has 1 aliphatic carbocycles. The molecule has 1 aliphatic rings. The summed E-state index contributed by atoms with van der Waals surface area (Å²) in [6, 6.07) is 23.2. The van der Waals surface area contributed by atoms with Crippen molar-refractivity contribution in [1.29, 1.82) is 0 Å². The zero-order valence-corrected chi connectivity index (χ0v) is 38.3. The zero-order valence-electron chi connectivity index (χ0n) is 35.7. The number of aromatic hydroxyl groups is 1. The van der Waals surface area contributed by atoms with Crippen LogP contribution < -0.4 is 10.9 Å². The van der Waals surface area contributed by atoms with Crippen molar-refractivity contribution in [2.45, 2.75) is 108 Å². The fraction of sp³-hybridized carbons (Fsp3) is 0.447. The lowest BCUT2D eigenvalue weighted by molar-refractivity contribution is -0.169. The van der Waals surface area contributed by atoms with Gasteiger partial charge in [-0.1, -0.05) is 57.2 Å². The number of ether oxygens (including phenoxy) is 1. The summed E-state index contributed by atoms with van der Waals surface area (Å²) in [5.41, 5.74) is 1.93. The molecule has 1 saturated carbocycles. The molecule has 4 aromatic heterocycles. The van der Waals surface area contributed by atoms with E-state index in [-0.39, 0.29) is 28.6 Å². The first-order chi connectivity index (χ1) is 28.7. The number of hydrogen-bond donors (Lipinski definition) is 4. The Morgan fingerprint density at radius 3 is 2.33 bits per heavy atom. The maximum Gasteiger partial charge on any atom is 0.349 e. The van der Waals surface area contributed by atoms with Crippen molar-refractivity contribution < 1.29 is 24.2 Å². The Kier molecular flexibility index (Phi) is 13.6. The largest absolute Gasteiger partial charge is 0.506 e. The number of nitrogens with zero attached hydrogens (tertiary/aromatic N) is 2. The first-order valence-electron chi connectivity index (χ1n) is 21.2. The molecular weight excluding hydrogens is 809 g/mol. The van der Waals surface area contributed by atoms with Crippen molar-refractivity contribution in [3.05, 3.63) is 121 Å². The average molecular weight is 869 g/mol. The average Bonchev–Trinajstić information content (AvgIpc) is 4.03. The third-order valence-corrected chi connectivity index (χ3v) is 19.2. The monoisotopic (exact) mass is 868 g/mol. The third-order valence-electron chi connectivity index (χ3n) is 12.8. The molecule has 60 heavy (non-hydrogen) atoms. The van der Waals surface area contributed by atoms with E-state index in [2.05, 4.69) is 91.1 Å². The number of carbonyl (C=O) groups excluding carboxylic acids is 1. The molecule has 0 aliphatic heterocycles. The minimum absolute atomic E-state index is 0.00166. The van der Waals surface area contributed by atoms with Crippen molar-refractivity contribution in [2.75, 3.05) is 26.7 Å². The molecule has 4 N–H and O–H groups in total. The summed E-state index contributed by atoms with van der Waals surface area (Å²) in [7, 11) is 0.0153. The summed E-state index contributed by atoms with van der Waals surface area (Å²) in [5.74, 6) is -0.535. The first kappa shape index (κ1) is 44.0. The Labute approximate surface area is 362 Å². The number of rotatable bonds is 17. The van der Waals surface area contributed by atoms with Crippen molar-refractivity contribution >= 4 is 58.8 Å². The van der Waals surface area contributed by atoms with Crippen LogP contribution in [0.25, 0.3) is 21.8 Å². The van der Waals surface area contributed by atoms with Crippen LogP contribution in [0.5, 0.6) is 5.75 Å². The van der Waals surface area contributed by atoms with Gasteiger partial charge in [-0.15, -0.1) is 22.7 Å². The van der Waals surface area contributed by atoms with Crippen molar-refractivity contribution in [2.24, 2.45) is 0 Å². The molecule has 10 nitrogen and oxygen atoms in total. The second kappa shape index (κ2) is 18.5. The van der Waals surface area contributed by atoms with E-state index in [9.17, 15) is 19.8 Å². The Morgan fingerprint density at radius 2 is 1.67 bits per heavy atom. The first-order valence-corrected chi connectivity index (χ1v) is 25.8. The number of carbonyl (C=O) groups is 1. The normalized spacial score (nSPS) is 17.1. The highest BCUT2D eigenvalue weighted by Gasteiger charge is 2.45. The van der Waals surface area contributed by atoms with Crippen molar-refractivity contribution in [1.82, 2.24) is 19.8 Å². The van der Waals surface area contributed by atoms with Gasteiger partial charge in [0.25, 0.3) is 0 Å². The summed E-state index contributed by atoms with van der Waals surface area (Å²) >= 11 is 2.73. The Balaban J connectivity index is 0.931. The van der Waals surface area contributed by atoms with Crippen LogP contribution in [0.3, 0.4) is 0 Å². The quantitative estimate of drug-likeness (QED) is 0.0406. The molecule has 0 bridgehead atoms. The fourth-order valence-electron chi connectivity index (χ4n) is 8.26. The molecule has 320 valence electrons. The smallest absolute Gasteiger partial charge is 0.349 e. The van der Waals surface area contributed by atoms with Crippen LogP contribution in [0.2, 0.25) is 18.1 Å². The number of phenols is 1. The van der Waals surface area contributed by atoms with Gasteiger partial charge >= 0.3 is 5.97 Å². The van der Waals surface area contributed by atoms with E-state index in [1.807, 2.05) is 29.0 Å². The van der Waals surface area contributed by atoms with Gasteiger partial charge in [0.15, 0.2) is 8.32 Å². The van der Waals surface area contributed by atoms with E-state index < -0.39 is 19.9 Å². The molecule has 7 rings (SSSR count). The van der Waals surface area contributed by atoms with Crippen LogP contribution in [0.1, 0.15) is 79.9 Å². The van der Waals surface area contributed by atoms with Gasteiger partial charge in [-0.2, -0.15) is 0 Å². The second-order valence-electron chi connectivity index (χ2n) is 17.8. The van der Waals surface area contributed by atoms with Crippen molar-refractivity contribution in [3.8, 4) is 5.75 Å². The van der Waals surface area contributed by atoms with E-state index in [1.54, 1.807) is 24.3 Å². The minimum Gasteiger partial charge on any atom is -0.506 e. The summed E-state index contributed by atoms with van der Waals surface area (Å²) in [6.07, 6.45) is 7.29. The van der Waals surface area contributed by atoms with E-state index in [4.69, 9.17) is 9.16 Å². The fourth-order valence-corrected chi connectivity index (χ4v) is 11.2. The lowest BCUT2D eigenvalue weighted by Gasteiger charge is -2.39. The molecule has 1 fully saturated rings. The number of para-hydroxylation sites is 1. The third kappa shape index (κ3) is 9.52. The molecule has 2 aromatic carbocycles. The van der Waals surface area contributed by atoms with Gasteiger partial charge in [-0.25, -0.2) is 4.79 Å². The predicted octanol–water partition coefficient (Wildman–Crippen LogP) is 9.32. The number of phenolic OH excluding ortho intramolecular Hbond substituents is 1. The van der Waals surface area contributed by atoms with Gasteiger partial charge in [0, 0.05) is 54.2 Å². The number of aromatic nitrogens is 2. The van der Waals surface area contributed by atoms with Gasteiger partial charge < -0.3 is 39.1 Å². The molecule has 6 aromatic rings. The van der Waals surface area contributed by atoms with Gasteiger partial charge in [-0.3, -0.25) is 4.79 Å². The second-order valence-corrected chi connectivity index (χ2v) is 24.5. The summed E-state index contributed by atoms with van der Waals surface area (Å²) in [5, 5.41) is 31.8. The highest BCUT2D eigenvalue weighted by atomic mass is 32.1. The molecule has 1 atom stereocenters. The maximum absolute atomic E-state index is 13.5. The summed E-state index contributed by atoms with van der Waals surface area (Å²) in [4.78, 5) is 32.1. The van der Waals surface area contributed by atoms with Crippen molar-refractivity contribution in [3.63, 3.8) is 0 Å². The molecule has 0 radical (unpaired) electrons. The predicted molar refractivity (Wildman–Crippen MR) is 247 cm³/mol. The number of H-pyrrole nitrogens is 1. The van der Waals surface area contributed by atoms with E-state index in [1.165, 1.54) is 45.2 Å². The highest BCUT2D eigenvalue weighted by Crippen LogP contribution is 2.42. The number of aliphatic hydroxyl groups is 1. The Morgan fingerprint density at radius 1 is 0.967 bits per heavy atom. The summed E-state index contributed by atoms with van der Waals surface area (Å²) < 4.78 is 15.4. The van der Waals surface area contributed by atoms with Gasteiger partial charge in [0.1, 0.15) is 11.9 Å². The number of pyridine rings is 1. The molecule has 4 heterocycles. The standard InChI is InChI=1S/C47H60N4O6S2Si/c1-46(2,3)60(5,6)57-40(36-21-23-39(52)44-37(36)22-24-43(53)49-44)30-48-25-27-51-31-32(35-13-7-8-14-38(35)51)12-9-26-50(4)33-17-19-34(20-18-33)56-45(54)47(55,41-15-10-28-58-41)42-16-11-29-59-42/h7-8,10-11,13-16,21-24,28-29,31,33-34,40,48,52,55H,9,12,17-20,25-27,30H2,1-6H3,(H,49,53)/t33?,34?,40-/m1/s1. The Bertz CT molecular complexity index is 2380. The van der Waals surface area contributed by atoms with E-state index >= 15 is 0 Å². The Hall–Kier alpha value is -4.08. The minimum atomic E-state index is -2.19.